The molecule has 1 heterocycles. The molecule has 2 aromatic carbocycles. The van der Waals surface area contributed by atoms with Gasteiger partial charge in [0.25, 0.3) is 0 Å². The molecule has 2 N–H and O–H groups in total. The van der Waals surface area contributed by atoms with Gasteiger partial charge in [0.05, 0.1) is 0 Å². The number of benzene rings is 2. The highest BCUT2D eigenvalue weighted by Gasteiger charge is 2.10. The van der Waals surface area contributed by atoms with Crippen LogP contribution in [0.5, 0.6) is 5.75 Å². The van der Waals surface area contributed by atoms with Crippen LogP contribution in [0, 0.1) is 0 Å². The maximum atomic E-state index is 10.8. The molecule has 3 rings (SSSR count). The van der Waals surface area contributed by atoms with Crippen LogP contribution >= 0.6 is 0 Å². The van der Waals surface area contributed by atoms with Gasteiger partial charge in [-0.2, -0.15) is 4.21 Å². The van der Waals surface area contributed by atoms with Crippen LogP contribution in [-0.4, -0.2) is 13.7 Å². The van der Waals surface area contributed by atoms with Crippen LogP contribution in [0.25, 0.3) is 22.0 Å². The van der Waals surface area contributed by atoms with Crippen LogP contribution in [0.1, 0.15) is 0 Å². The van der Waals surface area contributed by atoms with Crippen molar-refractivity contribution in [3.8, 4) is 17.0 Å². The standard InChI is InChI=1S/C14H11NO3S/c16-19(17)18-14-8-7-11(13-6-3-9-15-13)10-4-1-2-5-12(10)14/h1-9,15H,(H,16,17). The number of nitrogens with one attached hydrogen (secondary N) is 1. The lowest BCUT2D eigenvalue weighted by Gasteiger charge is -2.09. The van der Waals surface area contributed by atoms with E-state index in [4.69, 9.17) is 8.74 Å². The van der Waals surface area contributed by atoms with E-state index in [-0.39, 0.29) is 0 Å². The number of aromatic amines is 1. The Labute approximate surface area is 112 Å². The Morgan fingerprint density at radius 3 is 2.47 bits per heavy atom. The van der Waals surface area contributed by atoms with E-state index in [9.17, 15) is 4.21 Å². The lowest BCUT2D eigenvalue weighted by molar-refractivity contribution is 0.460. The molecule has 19 heavy (non-hydrogen) atoms. The van der Waals surface area contributed by atoms with Gasteiger partial charge in [-0.1, -0.05) is 24.3 Å². The van der Waals surface area contributed by atoms with Crippen molar-refractivity contribution in [2.75, 3.05) is 0 Å². The molecule has 0 spiro atoms. The minimum atomic E-state index is -2.32. The first-order valence-electron chi connectivity index (χ1n) is 5.70. The number of hydrogen-bond acceptors (Lipinski definition) is 2. The predicted octanol–water partition coefficient (Wildman–Crippen LogP) is 3.35. The molecule has 1 unspecified atom stereocenters. The Bertz CT molecular complexity index is 738. The van der Waals surface area contributed by atoms with Gasteiger partial charge in [0, 0.05) is 22.8 Å². The second-order valence-electron chi connectivity index (χ2n) is 4.04. The Morgan fingerprint density at radius 1 is 1.00 bits per heavy atom. The molecule has 0 aliphatic rings. The Balaban J connectivity index is 2.25. The summed E-state index contributed by atoms with van der Waals surface area (Å²) < 4.78 is 24.6. The minimum absolute atomic E-state index is 0.395. The first-order chi connectivity index (χ1) is 9.25. The molecule has 1 aromatic heterocycles. The number of rotatable bonds is 3. The van der Waals surface area contributed by atoms with E-state index in [1.807, 2.05) is 48.7 Å². The molecule has 3 aromatic rings. The Kier molecular flexibility index (Phi) is 3.06. The molecule has 5 heteroatoms. The molecule has 1 atom stereocenters. The molecular weight excluding hydrogens is 262 g/mol. The van der Waals surface area contributed by atoms with Crippen molar-refractivity contribution < 1.29 is 12.9 Å². The second kappa shape index (κ2) is 4.87. The zero-order chi connectivity index (χ0) is 13.2. The SMILES string of the molecule is O=S(O)Oc1ccc(-c2ccc[nH]2)c2ccccc12. The largest absolute Gasteiger partial charge is 0.379 e. The summed E-state index contributed by atoms with van der Waals surface area (Å²) in [6, 6.07) is 15.1. The van der Waals surface area contributed by atoms with Crippen molar-refractivity contribution in [3.05, 3.63) is 54.7 Å². The third-order valence-corrected chi connectivity index (χ3v) is 3.26. The molecule has 0 aliphatic heterocycles. The van der Waals surface area contributed by atoms with Crippen LogP contribution in [0.4, 0.5) is 0 Å². The lowest BCUT2D eigenvalue weighted by atomic mass is 10.0. The summed E-state index contributed by atoms with van der Waals surface area (Å²) in [4.78, 5) is 3.16. The smallest absolute Gasteiger partial charge is 0.357 e. The van der Waals surface area contributed by atoms with Crippen molar-refractivity contribution in [1.29, 1.82) is 0 Å². The molecule has 0 saturated heterocycles. The van der Waals surface area contributed by atoms with Crippen molar-refractivity contribution in [1.82, 2.24) is 4.98 Å². The molecule has 0 aliphatic carbocycles. The maximum absolute atomic E-state index is 10.8. The van der Waals surface area contributed by atoms with Gasteiger partial charge in [-0.3, -0.25) is 4.55 Å². The van der Waals surface area contributed by atoms with E-state index >= 15 is 0 Å². The van der Waals surface area contributed by atoms with Crippen LogP contribution in [0.2, 0.25) is 0 Å². The van der Waals surface area contributed by atoms with Gasteiger partial charge in [-0.15, -0.1) is 0 Å². The van der Waals surface area contributed by atoms with Crippen molar-refractivity contribution in [2.45, 2.75) is 0 Å². The van der Waals surface area contributed by atoms with Crippen LogP contribution in [0.15, 0.2) is 54.7 Å². The highest BCUT2D eigenvalue weighted by Crippen LogP contribution is 2.33. The first kappa shape index (κ1) is 12.0. The monoisotopic (exact) mass is 273 g/mol. The third kappa shape index (κ3) is 2.25. The highest BCUT2D eigenvalue weighted by atomic mass is 32.2. The van der Waals surface area contributed by atoms with E-state index in [1.165, 1.54) is 0 Å². The minimum Gasteiger partial charge on any atom is -0.379 e. The summed E-state index contributed by atoms with van der Waals surface area (Å²) in [7, 11) is 0. The highest BCUT2D eigenvalue weighted by molar-refractivity contribution is 7.74. The number of hydrogen-bond donors (Lipinski definition) is 2. The zero-order valence-electron chi connectivity index (χ0n) is 9.87. The Morgan fingerprint density at radius 2 is 1.79 bits per heavy atom. The second-order valence-corrected chi connectivity index (χ2v) is 4.64. The van der Waals surface area contributed by atoms with Gasteiger partial charge in [-0.05, 0) is 29.7 Å². The van der Waals surface area contributed by atoms with Crippen LogP contribution < -0.4 is 4.18 Å². The molecule has 4 nitrogen and oxygen atoms in total. The van der Waals surface area contributed by atoms with E-state index in [1.54, 1.807) is 6.07 Å². The quantitative estimate of drug-likeness (QED) is 0.719. The van der Waals surface area contributed by atoms with Gasteiger partial charge < -0.3 is 9.17 Å². The van der Waals surface area contributed by atoms with Gasteiger partial charge in [0.15, 0.2) is 0 Å². The molecular formula is C14H11NO3S. The lowest BCUT2D eigenvalue weighted by Crippen LogP contribution is -1.98. The first-order valence-corrected chi connectivity index (χ1v) is 6.73. The number of H-pyrrole nitrogens is 1. The Hall–Kier alpha value is -2.11. The summed E-state index contributed by atoms with van der Waals surface area (Å²) in [6.45, 7) is 0. The number of fused-ring (bicyclic) bond motifs is 1. The van der Waals surface area contributed by atoms with Crippen LogP contribution in [0.3, 0.4) is 0 Å². The van der Waals surface area contributed by atoms with Gasteiger partial charge in [0.1, 0.15) is 5.75 Å². The summed E-state index contributed by atoms with van der Waals surface area (Å²) in [5, 5.41) is 1.77. The molecule has 0 radical (unpaired) electrons. The molecule has 96 valence electrons. The summed E-state index contributed by atoms with van der Waals surface area (Å²) in [5.74, 6) is 0.395. The molecule has 0 fully saturated rings. The zero-order valence-corrected chi connectivity index (χ0v) is 10.7. The van der Waals surface area contributed by atoms with Crippen molar-refractivity contribution in [2.24, 2.45) is 0 Å². The maximum Gasteiger partial charge on any atom is 0.357 e. The molecule has 0 saturated carbocycles. The predicted molar refractivity (Wildman–Crippen MR) is 75.1 cm³/mol. The average Bonchev–Trinajstić information content (AvgIpc) is 2.92. The fourth-order valence-electron chi connectivity index (χ4n) is 2.15. The topological polar surface area (TPSA) is 62.3 Å². The van der Waals surface area contributed by atoms with Crippen molar-refractivity contribution in [3.63, 3.8) is 0 Å². The van der Waals surface area contributed by atoms with E-state index in [2.05, 4.69) is 4.98 Å². The van der Waals surface area contributed by atoms with Crippen molar-refractivity contribution >= 4 is 22.1 Å². The molecule has 0 bridgehead atoms. The summed E-state index contributed by atoms with van der Waals surface area (Å²) >= 11 is -2.32. The normalized spacial score (nSPS) is 12.5. The summed E-state index contributed by atoms with van der Waals surface area (Å²) in [5.41, 5.74) is 2.02. The fourth-order valence-corrected chi connectivity index (χ4v) is 2.45. The average molecular weight is 273 g/mol. The van der Waals surface area contributed by atoms with E-state index < -0.39 is 11.4 Å². The molecule has 0 amide bonds. The number of aromatic nitrogens is 1. The van der Waals surface area contributed by atoms with E-state index in [0.717, 1.165) is 22.0 Å². The van der Waals surface area contributed by atoms with E-state index in [0.29, 0.717) is 5.75 Å². The van der Waals surface area contributed by atoms with Gasteiger partial charge in [-0.25, -0.2) is 0 Å². The van der Waals surface area contributed by atoms with Gasteiger partial charge in [0.2, 0.25) is 0 Å². The fraction of sp³-hybridized carbons (Fsp3) is 0. The third-order valence-electron chi connectivity index (χ3n) is 2.93. The van der Waals surface area contributed by atoms with Crippen LogP contribution in [-0.2, 0) is 11.4 Å². The van der Waals surface area contributed by atoms with Gasteiger partial charge >= 0.3 is 11.4 Å². The summed E-state index contributed by atoms with van der Waals surface area (Å²) in [6.07, 6.45) is 1.86.